The first-order chi connectivity index (χ1) is 7.13. The number of rotatable bonds is 1. The van der Waals surface area contributed by atoms with Crippen LogP contribution in [0.5, 0.6) is 0 Å². The van der Waals surface area contributed by atoms with E-state index in [0.717, 1.165) is 14.6 Å². The van der Waals surface area contributed by atoms with Crippen molar-refractivity contribution in [3.05, 3.63) is 32.6 Å². The number of esters is 1. The molecule has 0 fully saturated rings. The number of carbonyl (C=O) groups excluding carboxylic acids is 1. The fraction of sp³-hybridized carbons (Fsp3) is 0.100. The maximum Gasteiger partial charge on any atom is 0.348 e. The van der Waals surface area contributed by atoms with Crippen molar-refractivity contribution in [2.75, 3.05) is 7.11 Å². The Morgan fingerprint density at radius 2 is 2.27 bits per heavy atom. The first kappa shape index (κ1) is 10.9. The van der Waals surface area contributed by atoms with E-state index in [1.165, 1.54) is 18.4 Å². The molecule has 0 atom stereocenters. The summed E-state index contributed by atoms with van der Waals surface area (Å²) in [6.07, 6.45) is 0. The minimum Gasteiger partial charge on any atom is -0.465 e. The number of carbonyl (C=O) groups is 1. The summed E-state index contributed by atoms with van der Waals surface area (Å²) in [4.78, 5) is 11.9. The van der Waals surface area contributed by atoms with Crippen molar-refractivity contribution >= 4 is 54.9 Å². The molecule has 2 nitrogen and oxygen atoms in total. The summed E-state index contributed by atoms with van der Waals surface area (Å²) >= 11 is 10.8. The molecule has 0 saturated heterocycles. The van der Waals surface area contributed by atoms with Gasteiger partial charge < -0.3 is 4.74 Å². The molecule has 1 aromatic carbocycles. The summed E-state index contributed by atoms with van der Waals surface area (Å²) < 4.78 is 6.48. The lowest BCUT2D eigenvalue weighted by atomic mass is 10.2. The van der Waals surface area contributed by atoms with Crippen LogP contribution in [0.25, 0.3) is 10.1 Å². The number of fused-ring (bicyclic) bond motifs is 1. The molecule has 78 valence electrons. The van der Waals surface area contributed by atoms with Crippen molar-refractivity contribution in [3.63, 3.8) is 0 Å². The Morgan fingerprint density at radius 3 is 2.87 bits per heavy atom. The Labute approximate surface area is 104 Å². The van der Waals surface area contributed by atoms with E-state index in [4.69, 9.17) is 11.6 Å². The SMILES string of the molecule is COC(=O)c1cc2c(Br)ccc(Cl)c2s1. The van der Waals surface area contributed by atoms with Gasteiger partial charge in [0.1, 0.15) is 4.88 Å². The van der Waals surface area contributed by atoms with Crippen molar-refractivity contribution in [1.29, 1.82) is 0 Å². The largest absolute Gasteiger partial charge is 0.465 e. The molecule has 0 aliphatic rings. The van der Waals surface area contributed by atoms with E-state index in [1.54, 1.807) is 12.1 Å². The summed E-state index contributed by atoms with van der Waals surface area (Å²) in [6.45, 7) is 0. The highest BCUT2D eigenvalue weighted by molar-refractivity contribution is 9.10. The van der Waals surface area contributed by atoms with Crippen LogP contribution in [-0.2, 0) is 4.74 Å². The molecule has 1 heterocycles. The Balaban J connectivity index is 2.70. The zero-order chi connectivity index (χ0) is 11.0. The molecule has 15 heavy (non-hydrogen) atoms. The van der Waals surface area contributed by atoms with Gasteiger partial charge in [0.25, 0.3) is 0 Å². The van der Waals surface area contributed by atoms with Gasteiger partial charge in [-0.2, -0.15) is 0 Å². The maximum atomic E-state index is 11.3. The van der Waals surface area contributed by atoms with Gasteiger partial charge in [0.05, 0.1) is 16.8 Å². The van der Waals surface area contributed by atoms with Crippen LogP contribution >= 0.6 is 38.9 Å². The van der Waals surface area contributed by atoms with E-state index in [0.29, 0.717) is 9.90 Å². The second-order valence-electron chi connectivity index (χ2n) is 2.87. The molecule has 0 aliphatic carbocycles. The van der Waals surface area contributed by atoms with Gasteiger partial charge in [0, 0.05) is 9.86 Å². The van der Waals surface area contributed by atoms with Crippen LogP contribution in [0.3, 0.4) is 0 Å². The second-order valence-corrected chi connectivity index (χ2v) is 5.19. The second kappa shape index (κ2) is 4.12. The predicted molar refractivity (Wildman–Crippen MR) is 65.9 cm³/mol. The zero-order valence-electron chi connectivity index (χ0n) is 7.71. The molecular weight excluding hydrogens is 300 g/mol. The lowest BCUT2D eigenvalue weighted by Gasteiger charge is -1.94. The Kier molecular flexibility index (Phi) is 3.00. The summed E-state index contributed by atoms with van der Waals surface area (Å²) in [5.74, 6) is -0.334. The van der Waals surface area contributed by atoms with Crippen molar-refractivity contribution in [2.45, 2.75) is 0 Å². The highest BCUT2D eigenvalue weighted by Gasteiger charge is 2.13. The molecule has 0 spiro atoms. The highest BCUT2D eigenvalue weighted by atomic mass is 79.9. The van der Waals surface area contributed by atoms with Crippen LogP contribution < -0.4 is 0 Å². The minimum absolute atomic E-state index is 0.334. The van der Waals surface area contributed by atoms with Crippen LogP contribution in [-0.4, -0.2) is 13.1 Å². The van der Waals surface area contributed by atoms with Gasteiger partial charge in [-0.15, -0.1) is 11.3 Å². The molecule has 2 rings (SSSR count). The highest BCUT2D eigenvalue weighted by Crippen LogP contribution is 2.36. The van der Waals surface area contributed by atoms with Crippen molar-refractivity contribution < 1.29 is 9.53 Å². The first-order valence-electron chi connectivity index (χ1n) is 4.09. The molecule has 1 aromatic heterocycles. The fourth-order valence-corrected chi connectivity index (χ4v) is 3.12. The number of methoxy groups -OCH3 is 1. The normalized spacial score (nSPS) is 10.6. The fourth-order valence-electron chi connectivity index (χ4n) is 1.26. The third-order valence-electron chi connectivity index (χ3n) is 1.97. The van der Waals surface area contributed by atoms with Gasteiger partial charge in [-0.1, -0.05) is 27.5 Å². The number of thiophene rings is 1. The number of halogens is 2. The minimum atomic E-state index is -0.334. The standard InChI is InChI=1S/C10H6BrClO2S/c1-14-10(13)8-4-5-6(11)2-3-7(12)9(5)15-8/h2-4H,1H3. The molecule has 0 radical (unpaired) electrons. The van der Waals surface area contributed by atoms with Crippen LogP contribution in [0.2, 0.25) is 5.02 Å². The summed E-state index contributed by atoms with van der Waals surface area (Å²) in [7, 11) is 1.36. The van der Waals surface area contributed by atoms with E-state index in [2.05, 4.69) is 20.7 Å². The van der Waals surface area contributed by atoms with Gasteiger partial charge in [-0.3, -0.25) is 0 Å². The Bertz CT molecular complexity index is 496. The van der Waals surface area contributed by atoms with Gasteiger partial charge in [0.2, 0.25) is 0 Å². The zero-order valence-corrected chi connectivity index (χ0v) is 10.9. The van der Waals surface area contributed by atoms with Gasteiger partial charge in [-0.25, -0.2) is 4.79 Å². The topological polar surface area (TPSA) is 26.3 Å². The summed E-state index contributed by atoms with van der Waals surface area (Å²) in [5.41, 5.74) is 0. The smallest absolute Gasteiger partial charge is 0.348 e. The molecule has 2 aromatic rings. The van der Waals surface area contributed by atoms with E-state index >= 15 is 0 Å². The third-order valence-corrected chi connectivity index (χ3v) is 4.24. The van der Waals surface area contributed by atoms with Crippen molar-refractivity contribution in [3.8, 4) is 0 Å². The van der Waals surface area contributed by atoms with Crippen LogP contribution in [0, 0.1) is 0 Å². The molecule has 0 unspecified atom stereocenters. The van der Waals surface area contributed by atoms with Gasteiger partial charge in [0.15, 0.2) is 0 Å². The molecule has 5 heteroatoms. The molecule has 0 saturated carbocycles. The predicted octanol–water partition coefficient (Wildman–Crippen LogP) is 4.10. The van der Waals surface area contributed by atoms with E-state index in [1.807, 2.05) is 6.07 Å². The molecule has 0 bridgehead atoms. The number of ether oxygens (including phenoxy) is 1. The number of hydrogen-bond acceptors (Lipinski definition) is 3. The molecule has 0 aliphatic heterocycles. The lowest BCUT2D eigenvalue weighted by Crippen LogP contribution is -1.96. The number of benzene rings is 1. The monoisotopic (exact) mass is 304 g/mol. The van der Waals surface area contributed by atoms with Gasteiger partial charge in [-0.05, 0) is 18.2 Å². The van der Waals surface area contributed by atoms with Crippen LogP contribution in [0.1, 0.15) is 9.67 Å². The number of hydrogen-bond donors (Lipinski definition) is 0. The molecule has 0 N–H and O–H groups in total. The van der Waals surface area contributed by atoms with E-state index in [9.17, 15) is 4.79 Å². The summed E-state index contributed by atoms with van der Waals surface area (Å²) in [5, 5.41) is 1.58. The molecule has 0 amide bonds. The quantitative estimate of drug-likeness (QED) is 0.741. The molecular formula is C10H6BrClO2S. The van der Waals surface area contributed by atoms with E-state index < -0.39 is 0 Å². The summed E-state index contributed by atoms with van der Waals surface area (Å²) in [6, 6.07) is 5.44. The van der Waals surface area contributed by atoms with E-state index in [-0.39, 0.29) is 5.97 Å². The average Bonchev–Trinajstić information content (AvgIpc) is 2.68. The van der Waals surface area contributed by atoms with Crippen LogP contribution in [0.4, 0.5) is 0 Å². The van der Waals surface area contributed by atoms with Crippen LogP contribution in [0.15, 0.2) is 22.7 Å². The van der Waals surface area contributed by atoms with Gasteiger partial charge >= 0.3 is 5.97 Å². The maximum absolute atomic E-state index is 11.3. The lowest BCUT2D eigenvalue weighted by molar-refractivity contribution is 0.0606. The third kappa shape index (κ3) is 1.89. The first-order valence-corrected chi connectivity index (χ1v) is 6.08. The van der Waals surface area contributed by atoms with Crippen molar-refractivity contribution in [1.82, 2.24) is 0 Å². The Morgan fingerprint density at radius 1 is 1.53 bits per heavy atom. The van der Waals surface area contributed by atoms with Crippen molar-refractivity contribution in [2.24, 2.45) is 0 Å². The Hall–Kier alpha value is -0.580. The average molecular weight is 306 g/mol.